The molecule has 4 nitrogen and oxygen atoms in total. The number of nitrogens with zero attached hydrogens (tertiary/aromatic N) is 2. The Morgan fingerprint density at radius 2 is 2.50 bits per heavy atom. The molecule has 0 atom stereocenters. The van der Waals surface area contributed by atoms with Crippen LogP contribution in [-0.2, 0) is 0 Å². The molecule has 0 aromatic rings. The highest BCUT2D eigenvalue weighted by Crippen LogP contribution is 2.26. The zero-order valence-electron chi connectivity index (χ0n) is 5.16. The molecule has 1 heterocycles. The molecule has 50 valence electrons. The minimum absolute atomic E-state index is 0.780. The maximum atomic E-state index is 4.57. The second-order valence-corrected chi connectivity index (χ2v) is 1.96. The van der Waals surface area contributed by atoms with E-state index in [4.69, 9.17) is 0 Å². The maximum absolute atomic E-state index is 4.57. The van der Waals surface area contributed by atoms with Gasteiger partial charge in [-0.25, -0.2) is 0 Å². The monoisotopic (exact) mass is 135 g/mol. The number of fused-ring (bicyclic) bond motifs is 1. The highest BCUT2D eigenvalue weighted by molar-refractivity contribution is 5.67. The quantitative estimate of drug-likeness (QED) is 0.601. The predicted octanol–water partition coefficient (Wildman–Crippen LogP) is 1.44. The van der Waals surface area contributed by atoms with Gasteiger partial charge in [-0.3, -0.25) is 9.62 Å². The first-order valence-corrected chi connectivity index (χ1v) is 2.80. The number of aromatic amines is 1. The molecule has 0 saturated heterocycles. The first kappa shape index (κ1) is 5.22. The van der Waals surface area contributed by atoms with E-state index >= 15 is 0 Å². The average molecular weight is 135 g/mol. The lowest BCUT2D eigenvalue weighted by Crippen LogP contribution is -1.62. The lowest BCUT2D eigenvalue weighted by molar-refractivity contribution is 0.312. The molecule has 1 aliphatic carbocycles. The zero-order chi connectivity index (χ0) is 6.97. The summed E-state index contributed by atoms with van der Waals surface area (Å²) in [7, 11) is 0. The van der Waals surface area contributed by atoms with E-state index < -0.39 is 0 Å². The van der Waals surface area contributed by atoms with E-state index in [2.05, 4.69) is 26.7 Å². The van der Waals surface area contributed by atoms with Crippen molar-refractivity contribution in [3.8, 4) is 11.4 Å². The molecule has 0 aromatic heterocycles. The number of hydrogen-bond donors (Lipinski definition) is 1. The summed E-state index contributed by atoms with van der Waals surface area (Å²) in [5, 5.41) is 6.27. The first-order valence-electron chi connectivity index (χ1n) is 2.80. The first-order chi connectivity index (χ1) is 4.90. The molecular formula is C6H5N3O. The van der Waals surface area contributed by atoms with Gasteiger partial charge in [0.15, 0.2) is 0 Å². The summed E-state index contributed by atoms with van der Waals surface area (Å²) < 4.78 is 4.57. The number of aromatic nitrogens is 2. The van der Waals surface area contributed by atoms with Gasteiger partial charge in [0, 0.05) is 0 Å². The van der Waals surface area contributed by atoms with Crippen molar-refractivity contribution in [2.75, 3.05) is 0 Å². The van der Waals surface area contributed by atoms with Crippen LogP contribution in [0, 0.1) is 0 Å². The van der Waals surface area contributed by atoms with Crippen molar-refractivity contribution in [2.24, 2.45) is 4.99 Å². The minimum Gasteiger partial charge on any atom is -0.270 e. The van der Waals surface area contributed by atoms with Gasteiger partial charge in [-0.05, 0) is 18.9 Å². The van der Waals surface area contributed by atoms with Gasteiger partial charge < -0.3 is 0 Å². The molecule has 10 heavy (non-hydrogen) atoms. The lowest BCUT2D eigenvalue weighted by Gasteiger charge is -1.74. The second kappa shape index (κ2) is 1.70. The molecule has 1 N–H and O–H groups in total. The number of nitrogens with one attached hydrogen (secondary N) is 1. The molecule has 0 amide bonds. The van der Waals surface area contributed by atoms with Crippen molar-refractivity contribution in [1.82, 2.24) is 10.3 Å². The third-order valence-corrected chi connectivity index (χ3v) is 1.33. The molecule has 0 fully saturated rings. The summed E-state index contributed by atoms with van der Waals surface area (Å²) in [5.74, 6) is 0. The van der Waals surface area contributed by atoms with Crippen LogP contribution in [0.1, 0.15) is 0 Å². The molecule has 0 radical (unpaired) electrons. The number of aliphatic imine (C=N–C) groups is 1. The minimum atomic E-state index is 0.780. The summed E-state index contributed by atoms with van der Waals surface area (Å²) in [6.07, 6.45) is 0. The summed E-state index contributed by atoms with van der Waals surface area (Å²) in [5.41, 5.74) is 2.44. The van der Waals surface area contributed by atoms with Crippen LogP contribution in [-0.4, -0.2) is 17.0 Å². The Labute approximate surface area is 56.9 Å². The highest BCUT2D eigenvalue weighted by Gasteiger charge is 2.08. The Bertz CT molecular complexity index is 296. The van der Waals surface area contributed by atoms with Crippen LogP contribution in [0.5, 0.6) is 0 Å². The molecule has 1 aliphatic heterocycles. The van der Waals surface area contributed by atoms with E-state index in [-0.39, 0.29) is 0 Å². The Hall–Kier alpha value is -1.58. The lowest BCUT2D eigenvalue weighted by atomic mass is 10.4. The van der Waals surface area contributed by atoms with Crippen LogP contribution in [0.3, 0.4) is 0 Å². The van der Waals surface area contributed by atoms with Gasteiger partial charge in [-0.2, -0.15) is 5.16 Å². The number of hydrogen-bond acceptors (Lipinski definition) is 3. The molecule has 0 saturated carbocycles. The van der Waals surface area contributed by atoms with Crippen molar-refractivity contribution >= 4 is 12.4 Å². The van der Waals surface area contributed by atoms with E-state index in [1.807, 2.05) is 6.07 Å². The molecular weight excluding hydrogens is 130 g/mol. The van der Waals surface area contributed by atoms with E-state index in [1.54, 1.807) is 6.07 Å². The maximum Gasteiger partial charge on any atom is 0.134 e. The van der Waals surface area contributed by atoms with E-state index in [0.717, 1.165) is 17.1 Å². The van der Waals surface area contributed by atoms with Crippen LogP contribution in [0.25, 0.3) is 11.4 Å². The van der Waals surface area contributed by atoms with Crippen LogP contribution < -0.4 is 0 Å². The van der Waals surface area contributed by atoms with Crippen molar-refractivity contribution in [3.05, 3.63) is 12.1 Å². The fourth-order valence-corrected chi connectivity index (χ4v) is 0.851. The third-order valence-electron chi connectivity index (χ3n) is 1.33. The van der Waals surface area contributed by atoms with E-state index in [0.29, 0.717) is 0 Å². The van der Waals surface area contributed by atoms with Gasteiger partial charge in [0.05, 0.1) is 5.69 Å². The second-order valence-electron chi connectivity index (χ2n) is 1.96. The molecule has 2 rings (SSSR count). The third kappa shape index (κ3) is 0.556. The summed E-state index contributed by atoms with van der Waals surface area (Å²) in [6, 6.07) is 3.61. The Kier molecular flexibility index (Phi) is 0.887. The number of rotatable bonds is 1. The van der Waals surface area contributed by atoms with Crippen molar-refractivity contribution < 1.29 is 4.63 Å². The molecule has 0 aromatic carbocycles. The van der Waals surface area contributed by atoms with Crippen molar-refractivity contribution in [2.45, 2.75) is 0 Å². The largest absolute Gasteiger partial charge is 0.270 e. The van der Waals surface area contributed by atoms with Gasteiger partial charge in [-0.1, -0.05) is 5.16 Å². The predicted molar refractivity (Wildman–Crippen MR) is 36.7 cm³/mol. The van der Waals surface area contributed by atoms with Crippen LogP contribution in [0.15, 0.2) is 21.8 Å². The highest BCUT2D eigenvalue weighted by atomic mass is 16.6. The van der Waals surface area contributed by atoms with Crippen LogP contribution in [0.2, 0.25) is 0 Å². The van der Waals surface area contributed by atoms with Crippen LogP contribution in [0.4, 0.5) is 5.69 Å². The fourth-order valence-electron chi connectivity index (χ4n) is 0.851. The smallest absolute Gasteiger partial charge is 0.134 e. The van der Waals surface area contributed by atoms with Crippen LogP contribution >= 0.6 is 0 Å². The average Bonchev–Trinajstić information content (AvgIpc) is 2.42. The molecule has 4 heteroatoms. The van der Waals surface area contributed by atoms with Crippen molar-refractivity contribution in [1.29, 1.82) is 0 Å². The standard InChI is InChI=1S/C6H5N3O/c1-7-4-2-5-6(3-4)9-10-8-5/h2-3,8H,1H2. The molecule has 0 bridgehead atoms. The fraction of sp³-hybridized carbons (Fsp3) is 0. The van der Waals surface area contributed by atoms with Gasteiger partial charge in [0.1, 0.15) is 11.4 Å². The number of H-pyrrole nitrogens is 1. The van der Waals surface area contributed by atoms with Crippen molar-refractivity contribution in [3.63, 3.8) is 0 Å². The Morgan fingerprint density at radius 3 is 3.20 bits per heavy atom. The van der Waals surface area contributed by atoms with Gasteiger partial charge in [0.2, 0.25) is 0 Å². The molecule has 0 spiro atoms. The molecule has 0 unspecified atom stereocenters. The van der Waals surface area contributed by atoms with Gasteiger partial charge in [0.25, 0.3) is 0 Å². The SMILES string of the molecule is C=Nc1cc2no[nH]c-2c1. The summed E-state index contributed by atoms with van der Waals surface area (Å²) in [4.78, 5) is 3.73. The van der Waals surface area contributed by atoms with Gasteiger partial charge in [-0.15, -0.1) is 0 Å². The van der Waals surface area contributed by atoms with E-state index in [1.165, 1.54) is 0 Å². The molecule has 2 aliphatic rings. The normalized spacial score (nSPS) is 10.4. The summed E-state index contributed by atoms with van der Waals surface area (Å²) >= 11 is 0. The zero-order valence-corrected chi connectivity index (χ0v) is 5.16. The van der Waals surface area contributed by atoms with Gasteiger partial charge >= 0.3 is 0 Å². The summed E-state index contributed by atoms with van der Waals surface area (Å²) in [6.45, 7) is 3.38. The van der Waals surface area contributed by atoms with E-state index in [9.17, 15) is 0 Å². The Morgan fingerprint density at radius 1 is 1.60 bits per heavy atom. The topological polar surface area (TPSA) is 54.2 Å². The Balaban J connectivity index is 2.67.